The van der Waals surface area contributed by atoms with Crippen LogP contribution in [0.4, 0.5) is 5.82 Å². The average molecular weight is 597 g/mol. The third-order valence-corrected chi connectivity index (χ3v) is 9.45. The molecule has 2 amide bonds. The molecule has 1 saturated heterocycles. The molecule has 3 aromatic carbocycles. The van der Waals surface area contributed by atoms with Crippen LogP contribution < -0.4 is 15.0 Å². The lowest BCUT2D eigenvalue weighted by molar-refractivity contribution is -0.123. The van der Waals surface area contributed by atoms with Crippen molar-refractivity contribution < 1.29 is 19.1 Å². The van der Waals surface area contributed by atoms with Gasteiger partial charge in [-0.05, 0) is 49.9 Å². The smallest absolute Gasteiger partial charge is 0.240 e. The minimum absolute atomic E-state index is 0.00924. The van der Waals surface area contributed by atoms with E-state index >= 15 is 0 Å². The second-order valence-corrected chi connectivity index (χ2v) is 12.0. The predicted molar refractivity (Wildman–Crippen MR) is 170 cm³/mol. The van der Waals surface area contributed by atoms with Gasteiger partial charge in [-0.1, -0.05) is 60.7 Å². The molecule has 4 aromatic rings. The van der Waals surface area contributed by atoms with Crippen LogP contribution in [0.3, 0.4) is 0 Å². The van der Waals surface area contributed by atoms with E-state index in [4.69, 9.17) is 14.6 Å². The van der Waals surface area contributed by atoms with Crippen molar-refractivity contribution in [2.45, 2.75) is 38.0 Å². The summed E-state index contributed by atoms with van der Waals surface area (Å²) in [6, 6.07) is 24.0. The van der Waals surface area contributed by atoms with Gasteiger partial charge in [0, 0.05) is 29.8 Å². The second-order valence-electron chi connectivity index (χ2n) is 10.9. The van der Waals surface area contributed by atoms with E-state index in [1.54, 1.807) is 12.0 Å². The van der Waals surface area contributed by atoms with Gasteiger partial charge in [0.15, 0.2) is 0 Å². The molecule has 8 nitrogen and oxygen atoms in total. The summed E-state index contributed by atoms with van der Waals surface area (Å²) in [5.41, 5.74) is 6.54. The van der Waals surface area contributed by atoms with Crippen molar-refractivity contribution >= 4 is 29.4 Å². The Kier molecular flexibility index (Phi) is 8.54. The summed E-state index contributed by atoms with van der Waals surface area (Å²) >= 11 is 1.53. The Hall–Kier alpha value is -4.08. The van der Waals surface area contributed by atoms with E-state index in [0.29, 0.717) is 19.0 Å². The molecular weight excluding hydrogens is 560 g/mol. The van der Waals surface area contributed by atoms with Crippen molar-refractivity contribution in [3.8, 4) is 22.7 Å². The fourth-order valence-corrected chi connectivity index (χ4v) is 7.05. The number of benzene rings is 3. The van der Waals surface area contributed by atoms with Crippen molar-refractivity contribution in [1.82, 2.24) is 15.1 Å². The van der Waals surface area contributed by atoms with E-state index in [0.717, 1.165) is 57.8 Å². The van der Waals surface area contributed by atoms with Crippen LogP contribution in [0, 0.1) is 13.8 Å². The summed E-state index contributed by atoms with van der Waals surface area (Å²) in [4.78, 5) is 29.0. The van der Waals surface area contributed by atoms with Gasteiger partial charge in [0.1, 0.15) is 18.1 Å². The number of aromatic nitrogens is 2. The molecule has 9 heteroatoms. The van der Waals surface area contributed by atoms with Crippen LogP contribution in [0.5, 0.6) is 5.75 Å². The highest BCUT2D eigenvalue weighted by Gasteiger charge is 2.39. The van der Waals surface area contributed by atoms with Crippen molar-refractivity contribution in [2.24, 2.45) is 0 Å². The van der Waals surface area contributed by atoms with E-state index in [1.165, 1.54) is 11.8 Å². The number of ether oxygens (including phenoxy) is 2. The van der Waals surface area contributed by atoms with Crippen molar-refractivity contribution in [3.05, 3.63) is 95.1 Å². The van der Waals surface area contributed by atoms with Gasteiger partial charge in [0.25, 0.3) is 0 Å². The number of thioether (sulfide) groups is 1. The summed E-state index contributed by atoms with van der Waals surface area (Å²) in [6.07, 6.45) is 1.92. The lowest BCUT2D eigenvalue weighted by Gasteiger charge is -2.24. The highest BCUT2D eigenvalue weighted by atomic mass is 32.2. The van der Waals surface area contributed by atoms with Gasteiger partial charge in [-0.25, -0.2) is 4.68 Å². The third-order valence-electron chi connectivity index (χ3n) is 8.21. The molecule has 3 heterocycles. The van der Waals surface area contributed by atoms with Crippen LogP contribution in [0.25, 0.3) is 16.9 Å². The number of nitrogens with one attached hydrogen (secondary N) is 1. The maximum atomic E-state index is 14.0. The normalized spacial score (nSPS) is 18.3. The molecule has 1 fully saturated rings. The summed E-state index contributed by atoms with van der Waals surface area (Å²) in [5.74, 6) is 1.15. The molecule has 43 heavy (non-hydrogen) atoms. The number of anilines is 1. The zero-order chi connectivity index (χ0) is 29.9. The van der Waals surface area contributed by atoms with Gasteiger partial charge in [-0.3, -0.25) is 14.5 Å². The molecule has 2 aliphatic heterocycles. The van der Waals surface area contributed by atoms with E-state index in [9.17, 15) is 9.59 Å². The van der Waals surface area contributed by atoms with E-state index < -0.39 is 0 Å². The maximum Gasteiger partial charge on any atom is 0.240 e. The molecule has 2 unspecified atom stereocenters. The topological polar surface area (TPSA) is 85.7 Å². The third kappa shape index (κ3) is 5.79. The number of rotatable bonds is 8. The lowest BCUT2D eigenvalue weighted by Crippen LogP contribution is -2.44. The summed E-state index contributed by atoms with van der Waals surface area (Å²) in [7, 11) is 1.66. The summed E-state index contributed by atoms with van der Waals surface area (Å²) in [5, 5.41) is 7.96. The van der Waals surface area contributed by atoms with Crippen LogP contribution in [0.2, 0.25) is 0 Å². The fraction of sp³-hybridized carbons (Fsp3) is 0.324. The lowest BCUT2D eigenvalue weighted by atomic mass is 9.98. The quantitative estimate of drug-likeness (QED) is 0.284. The molecule has 0 bridgehead atoms. The van der Waals surface area contributed by atoms with E-state index in [1.807, 2.05) is 71.4 Å². The van der Waals surface area contributed by atoms with Gasteiger partial charge < -0.3 is 14.8 Å². The van der Waals surface area contributed by atoms with E-state index in [-0.39, 0.29) is 35.5 Å². The predicted octanol–water partition coefficient (Wildman–Crippen LogP) is 5.63. The first kappa shape index (κ1) is 29.0. The van der Waals surface area contributed by atoms with Gasteiger partial charge in [0.05, 0.1) is 35.6 Å². The fourth-order valence-electron chi connectivity index (χ4n) is 5.82. The SMILES string of the molecule is COc1ccccc1C1SCC(=O)N(CC(=O)NCC2CCCO2)c2c1c(-c1ccccc1)nn2-c1cccc(C)c1C. The minimum Gasteiger partial charge on any atom is -0.496 e. The first-order chi connectivity index (χ1) is 21.0. The first-order valence-electron chi connectivity index (χ1n) is 14.6. The van der Waals surface area contributed by atoms with E-state index in [2.05, 4.69) is 25.2 Å². The van der Waals surface area contributed by atoms with Gasteiger partial charge >= 0.3 is 0 Å². The van der Waals surface area contributed by atoms with Crippen molar-refractivity contribution in [3.63, 3.8) is 0 Å². The maximum absolute atomic E-state index is 14.0. The molecule has 6 rings (SSSR count). The Labute approximate surface area is 256 Å². The number of methoxy groups -OCH3 is 1. The molecule has 0 spiro atoms. The Balaban J connectivity index is 1.56. The standard InChI is InChI=1S/C34H36N4O4S/c1-22-11-9-16-27(23(22)2)38-34-31(32(36-38)24-12-5-4-6-13-24)33(26-15-7-8-17-28(26)41-3)43-21-30(40)37(34)20-29(39)35-19-25-14-10-18-42-25/h4-9,11-13,15-17,25,33H,10,14,18-21H2,1-3H3,(H,35,39). The minimum atomic E-state index is -0.274. The zero-order valence-corrected chi connectivity index (χ0v) is 25.5. The highest BCUT2D eigenvalue weighted by molar-refractivity contribution is 8.00. The zero-order valence-electron chi connectivity index (χ0n) is 24.7. The van der Waals surface area contributed by atoms with Crippen LogP contribution >= 0.6 is 11.8 Å². The largest absolute Gasteiger partial charge is 0.496 e. The molecule has 0 radical (unpaired) electrons. The molecule has 0 saturated carbocycles. The number of aryl methyl sites for hydroxylation is 1. The number of fused-ring (bicyclic) bond motifs is 1. The van der Waals surface area contributed by atoms with Crippen LogP contribution in [-0.2, 0) is 14.3 Å². The average Bonchev–Trinajstić information content (AvgIpc) is 3.67. The number of hydrogen-bond acceptors (Lipinski definition) is 6. The summed E-state index contributed by atoms with van der Waals surface area (Å²) in [6.45, 7) is 5.15. The molecule has 2 aliphatic rings. The second kappa shape index (κ2) is 12.7. The van der Waals surface area contributed by atoms with Crippen LogP contribution in [-0.4, -0.2) is 60.3 Å². The van der Waals surface area contributed by atoms with Gasteiger partial charge in [-0.2, -0.15) is 5.10 Å². The van der Waals surface area contributed by atoms with Crippen LogP contribution in [0.1, 0.15) is 40.3 Å². The molecule has 0 aliphatic carbocycles. The monoisotopic (exact) mass is 596 g/mol. The number of carbonyl (C=O) groups excluding carboxylic acids is 2. The number of para-hydroxylation sites is 1. The van der Waals surface area contributed by atoms with Crippen molar-refractivity contribution in [2.75, 3.05) is 37.5 Å². The Morgan fingerprint density at radius 3 is 2.63 bits per heavy atom. The first-order valence-corrected chi connectivity index (χ1v) is 15.7. The number of hydrogen-bond donors (Lipinski definition) is 1. The Bertz CT molecular complexity index is 1630. The van der Waals surface area contributed by atoms with Gasteiger partial charge in [0.2, 0.25) is 11.8 Å². The molecule has 1 N–H and O–H groups in total. The Morgan fingerprint density at radius 1 is 1.07 bits per heavy atom. The highest BCUT2D eigenvalue weighted by Crippen LogP contribution is 2.50. The molecular formula is C34H36N4O4S. The molecule has 2 atom stereocenters. The van der Waals surface area contributed by atoms with Crippen LogP contribution in [0.15, 0.2) is 72.8 Å². The number of nitrogens with zero attached hydrogens (tertiary/aromatic N) is 3. The molecule has 222 valence electrons. The number of carbonyl (C=O) groups is 2. The number of amides is 2. The summed E-state index contributed by atoms with van der Waals surface area (Å²) < 4.78 is 13.4. The van der Waals surface area contributed by atoms with Gasteiger partial charge in [-0.15, -0.1) is 11.8 Å². The Morgan fingerprint density at radius 2 is 1.86 bits per heavy atom. The molecule has 1 aromatic heterocycles. The van der Waals surface area contributed by atoms with Crippen molar-refractivity contribution in [1.29, 1.82) is 0 Å².